The van der Waals surface area contributed by atoms with Crippen molar-refractivity contribution in [2.45, 2.75) is 36.7 Å². The average Bonchev–Trinajstić information content (AvgIpc) is 2.43. The lowest BCUT2D eigenvalue weighted by Gasteiger charge is -2.09. The van der Waals surface area contributed by atoms with E-state index in [4.69, 9.17) is 4.42 Å². The lowest BCUT2D eigenvalue weighted by molar-refractivity contribution is 0.428. The second-order valence-corrected chi connectivity index (χ2v) is 4.78. The zero-order valence-corrected chi connectivity index (χ0v) is 9.14. The van der Waals surface area contributed by atoms with Crippen LogP contribution in [-0.4, -0.2) is 28.5 Å². The molecule has 1 aliphatic rings. The van der Waals surface area contributed by atoms with Gasteiger partial charge in [-0.3, -0.25) is 0 Å². The van der Waals surface area contributed by atoms with E-state index in [0.29, 0.717) is 16.4 Å². The molecule has 0 bridgehead atoms. The van der Waals surface area contributed by atoms with Crippen molar-refractivity contribution in [3.05, 3.63) is 5.89 Å². The van der Waals surface area contributed by atoms with Gasteiger partial charge in [0.25, 0.3) is 5.22 Å². The second kappa shape index (κ2) is 4.79. The van der Waals surface area contributed by atoms with Crippen molar-refractivity contribution in [2.75, 3.05) is 13.1 Å². The molecular formula is C9H15N3OS. The van der Waals surface area contributed by atoms with Gasteiger partial charge in [-0.05, 0) is 19.4 Å². The summed E-state index contributed by atoms with van der Waals surface area (Å²) < 4.78 is 5.34. The van der Waals surface area contributed by atoms with Crippen LogP contribution in [0.4, 0.5) is 0 Å². The van der Waals surface area contributed by atoms with Crippen LogP contribution in [-0.2, 0) is 0 Å². The topological polar surface area (TPSA) is 51.0 Å². The smallest absolute Gasteiger partial charge is 0.276 e. The Labute approximate surface area is 87.9 Å². The highest BCUT2D eigenvalue weighted by molar-refractivity contribution is 7.99. The molecule has 2 rings (SSSR count). The summed E-state index contributed by atoms with van der Waals surface area (Å²) in [6, 6.07) is 0. The molecule has 1 saturated heterocycles. The Morgan fingerprint density at radius 3 is 3.14 bits per heavy atom. The summed E-state index contributed by atoms with van der Waals surface area (Å²) in [7, 11) is 0. The van der Waals surface area contributed by atoms with Crippen molar-refractivity contribution in [1.82, 2.24) is 15.5 Å². The van der Waals surface area contributed by atoms with E-state index in [1.165, 1.54) is 19.3 Å². The molecule has 1 aromatic heterocycles. The number of thioether (sulfide) groups is 1. The quantitative estimate of drug-likeness (QED) is 0.809. The van der Waals surface area contributed by atoms with Gasteiger partial charge in [-0.2, -0.15) is 0 Å². The van der Waals surface area contributed by atoms with Gasteiger partial charge in [0, 0.05) is 18.7 Å². The van der Waals surface area contributed by atoms with Gasteiger partial charge in [-0.15, -0.1) is 10.2 Å². The van der Waals surface area contributed by atoms with Crippen molar-refractivity contribution in [1.29, 1.82) is 0 Å². The van der Waals surface area contributed by atoms with Gasteiger partial charge in [-0.1, -0.05) is 18.2 Å². The van der Waals surface area contributed by atoms with Crippen LogP contribution in [0.1, 0.15) is 25.2 Å². The van der Waals surface area contributed by atoms with E-state index >= 15 is 0 Å². The summed E-state index contributed by atoms with van der Waals surface area (Å²) in [6.07, 6.45) is 3.80. The van der Waals surface area contributed by atoms with Crippen molar-refractivity contribution < 1.29 is 4.42 Å². The molecule has 0 saturated carbocycles. The van der Waals surface area contributed by atoms with Gasteiger partial charge in [0.15, 0.2) is 0 Å². The molecule has 1 N–H and O–H groups in total. The lowest BCUT2D eigenvalue weighted by atomic mass is 10.2. The van der Waals surface area contributed by atoms with Crippen LogP contribution in [0, 0.1) is 6.92 Å². The summed E-state index contributed by atoms with van der Waals surface area (Å²) in [5.41, 5.74) is 0. The first-order valence-electron chi connectivity index (χ1n) is 5.02. The molecule has 0 radical (unpaired) electrons. The maximum Gasteiger partial charge on any atom is 0.276 e. The second-order valence-electron chi connectivity index (χ2n) is 3.53. The fourth-order valence-corrected chi connectivity index (χ4v) is 2.58. The molecule has 0 aliphatic carbocycles. The Balaban J connectivity index is 1.89. The van der Waals surface area contributed by atoms with Gasteiger partial charge in [-0.25, -0.2) is 0 Å². The van der Waals surface area contributed by atoms with Crippen LogP contribution < -0.4 is 5.32 Å². The van der Waals surface area contributed by atoms with Gasteiger partial charge in [0.05, 0.1) is 0 Å². The Morgan fingerprint density at radius 1 is 1.43 bits per heavy atom. The van der Waals surface area contributed by atoms with E-state index < -0.39 is 0 Å². The minimum Gasteiger partial charge on any atom is -0.416 e. The highest BCUT2D eigenvalue weighted by Crippen LogP contribution is 2.25. The summed E-state index contributed by atoms with van der Waals surface area (Å²) in [5, 5.41) is 12.5. The molecule has 1 fully saturated rings. The first-order chi connectivity index (χ1) is 6.84. The zero-order chi connectivity index (χ0) is 9.80. The fourth-order valence-electron chi connectivity index (χ4n) is 1.56. The molecule has 1 atom stereocenters. The molecular weight excluding hydrogens is 198 g/mol. The first kappa shape index (κ1) is 9.98. The third-order valence-electron chi connectivity index (χ3n) is 2.28. The highest BCUT2D eigenvalue weighted by atomic mass is 32.2. The normalized spacial score (nSPS) is 23.4. The fraction of sp³-hybridized carbons (Fsp3) is 0.778. The Kier molecular flexibility index (Phi) is 3.42. The number of nitrogens with one attached hydrogen (secondary N) is 1. The largest absolute Gasteiger partial charge is 0.416 e. The van der Waals surface area contributed by atoms with E-state index in [9.17, 15) is 0 Å². The number of hydrogen-bond acceptors (Lipinski definition) is 5. The van der Waals surface area contributed by atoms with Crippen LogP contribution in [0.15, 0.2) is 9.64 Å². The standard InChI is InChI=1S/C9H15N3OS/c1-7-11-12-9(13-7)14-8-4-2-3-5-10-6-8/h8,10H,2-6H2,1H3. The SMILES string of the molecule is Cc1nnc(SC2CCCCNC2)o1. The van der Waals surface area contributed by atoms with E-state index in [0.717, 1.165) is 13.1 Å². The van der Waals surface area contributed by atoms with E-state index in [1.807, 2.05) is 6.92 Å². The molecule has 4 nitrogen and oxygen atoms in total. The van der Waals surface area contributed by atoms with Gasteiger partial charge < -0.3 is 9.73 Å². The molecule has 1 unspecified atom stereocenters. The van der Waals surface area contributed by atoms with Gasteiger partial charge >= 0.3 is 0 Å². The average molecular weight is 213 g/mol. The Hall–Kier alpha value is -0.550. The molecule has 2 heterocycles. The summed E-state index contributed by atoms with van der Waals surface area (Å²) in [4.78, 5) is 0. The maximum atomic E-state index is 5.34. The van der Waals surface area contributed by atoms with Crippen LogP contribution >= 0.6 is 11.8 Å². The molecule has 5 heteroatoms. The molecule has 78 valence electrons. The molecule has 0 aromatic carbocycles. The Bertz CT molecular complexity index is 281. The van der Waals surface area contributed by atoms with Crippen LogP contribution in [0.2, 0.25) is 0 Å². The monoisotopic (exact) mass is 213 g/mol. The van der Waals surface area contributed by atoms with Crippen molar-refractivity contribution in [3.8, 4) is 0 Å². The number of nitrogens with zero attached hydrogens (tertiary/aromatic N) is 2. The van der Waals surface area contributed by atoms with E-state index in [-0.39, 0.29) is 0 Å². The number of aromatic nitrogens is 2. The highest BCUT2D eigenvalue weighted by Gasteiger charge is 2.16. The lowest BCUT2D eigenvalue weighted by Crippen LogP contribution is -2.22. The molecule has 1 aliphatic heterocycles. The van der Waals surface area contributed by atoms with Gasteiger partial charge in [0.1, 0.15) is 0 Å². The van der Waals surface area contributed by atoms with E-state index in [2.05, 4.69) is 15.5 Å². The van der Waals surface area contributed by atoms with Gasteiger partial charge in [0.2, 0.25) is 5.89 Å². The minimum absolute atomic E-state index is 0.581. The predicted molar refractivity (Wildman–Crippen MR) is 55.4 cm³/mol. The number of hydrogen-bond donors (Lipinski definition) is 1. The van der Waals surface area contributed by atoms with Crippen molar-refractivity contribution in [3.63, 3.8) is 0 Å². The zero-order valence-electron chi connectivity index (χ0n) is 8.32. The summed E-state index contributed by atoms with van der Waals surface area (Å²) >= 11 is 1.70. The molecule has 14 heavy (non-hydrogen) atoms. The van der Waals surface area contributed by atoms with E-state index in [1.54, 1.807) is 11.8 Å². The van der Waals surface area contributed by atoms with Crippen molar-refractivity contribution in [2.24, 2.45) is 0 Å². The van der Waals surface area contributed by atoms with Crippen LogP contribution in [0.5, 0.6) is 0 Å². The number of aryl methyl sites for hydroxylation is 1. The van der Waals surface area contributed by atoms with Crippen LogP contribution in [0.3, 0.4) is 0 Å². The maximum absolute atomic E-state index is 5.34. The van der Waals surface area contributed by atoms with Crippen molar-refractivity contribution >= 4 is 11.8 Å². The summed E-state index contributed by atoms with van der Waals surface area (Å²) in [6.45, 7) is 4.01. The molecule has 1 aromatic rings. The Morgan fingerprint density at radius 2 is 2.36 bits per heavy atom. The molecule has 0 spiro atoms. The predicted octanol–water partition coefficient (Wildman–Crippen LogP) is 1.61. The first-order valence-corrected chi connectivity index (χ1v) is 5.90. The number of rotatable bonds is 2. The third-order valence-corrected chi connectivity index (χ3v) is 3.38. The third kappa shape index (κ3) is 2.72. The minimum atomic E-state index is 0.581. The van der Waals surface area contributed by atoms with Crippen LogP contribution in [0.25, 0.3) is 0 Å². The molecule has 0 amide bonds. The summed E-state index contributed by atoms with van der Waals surface area (Å²) in [5.74, 6) is 0.647.